The van der Waals surface area contributed by atoms with E-state index in [2.05, 4.69) is 15.9 Å². The van der Waals surface area contributed by atoms with E-state index >= 15 is 0 Å². The molecule has 0 atom stereocenters. The summed E-state index contributed by atoms with van der Waals surface area (Å²) in [6.07, 6.45) is 0. The van der Waals surface area contributed by atoms with Crippen molar-refractivity contribution in [3.8, 4) is 0 Å². The Balaban J connectivity index is 2.49. The molecule has 0 bridgehead atoms. The minimum atomic E-state index is -3.89. The molecule has 2 aromatic carbocycles. The first kappa shape index (κ1) is 17.5. The fraction of sp³-hybridized carbons (Fsp3) is 0.133. The molecule has 1 amide bonds. The topological polar surface area (TPSA) is 92.5 Å². The van der Waals surface area contributed by atoms with Crippen molar-refractivity contribution in [2.45, 2.75) is 11.8 Å². The summed E-state index contributed by atoms with van der Waals surface area (Å²) >= 11 is 3.26. The summed E-state index contributed by atoms with van der Waals surface area (Å²) in [6.45, 7) is 1.49. The molecular weight excluding hydrogens is 382 g/mol. The maximum atomic E-state index is 12.9. The number of halogens is 1. The number of hydrazine groups is 1. The van der Waals surface area contributed by atoms with Crippen molar-refractivity contribution in [2.24, 2.45) is 5.84 Å². The van der Waals surface area contributed by atoms with Gasteiger partial charge in [0.2, 0.25) is 0 Å². The molecule has 0 aliphatic rings. The summed E-state index contributed by atoms with van der Waals surface area (Å²) in [7, 11) is -3.89. The number of nitrogens with zero attached hydrogens (tertiary/aromatic N) is 1. The highest BCUT2D eigenvalue weighted by Gasteiger charge is 2.26. The van der Waals surface area contributed by atoms with Crippen LogP contribution in [0.1, 0.15) is 5.56 Å². The maximum Gasteiger partial charge on any atom is 0.264 e. The molecule has 0 spiro atoms. The number of nitrogens with two attached hydrogens (primary N) is 1. The van der Waals surface area contributed by atoms with Gasteiger partial charge in [-0.05, 0) is 43.3 Å². The van der Waals surface area contributed by atoms with Gasteiger partial charge in [-0.15, -0.1) is 0 Å². The number of benzene rings is 2. The second-order valence-electron chi connectivity index (χ2n) is 4.87. The Morgan fingerprint density at radius 1 is 1.13 bits per heavy atom. The predicted octanol–water partition coefficient (Wildman–Crippen LogP) is 1.94. The number of sulfonamides is 1. The van der Waals surface area contributed by atoms with Crippen LogP contribution in [0.2, 0.25) is 0 Å². The Labute approximate surface area is 143 Å². The van der Waals surface area contributed by atoms with Crippen LogP contribution in [-0.4, -0.2) is 20.9 Å². The van der Waals surface area contributed by atoms with E-state index in [1.165, 1.54) is 12.1 Å². The Kier molecular flexibility index (Phi) is 5.40. The summed E-state index contributed by atoms with van der Waals surface area (Å²) < 4.78 is 27.5. The first-order valence-corrected chi connectivity index (χ1v) is 8.92. The second-order valence-corrected chi connectivity index (χ2v) is 7.65. The molecule has 0 heterocycles. The average molecular weight is 398 g/mol. The van der Waals surface area contributed by atoms with E-state index in [1.54, 1.807) is 36.4 Å². The summed E-state index contributed by atoms with van der Waals surface area (Å²) in [5, 5.41) is 0. The van der Waals surface area contributed by atoms with Crippen LogP contribution < -0.4 is 15.6 Å². The van der Waals surface area contributed by atoms with E-state index in [9.17, 15) is 13.2 Å². The van der Waals surface area contributed by atoms with Crippen molar-refractivity contribution in [3.05, 3.63) is 58.6 Å². The predicted molar refractivity (Wildman–Crippen MR) is 92.2 cm³/mol. The van der Waals surface area contributed by atoms with Gasteiger partial charge in [-0.1, -0.05) is 33.6 Å². The summed E-state index contributed by atoms with van der Waals surface area (Å²) in [6, 6.07) is 13.1. The van der Waals surface area contributed by atoms with Gasteiger partial charge in [0.1, 0.15) is 6.54 Å². The lowest BCUT2D eigenvalue weighted by Gasteiger charge is -2.23. The first-order valence-electron chi connectivity index (χ1n) is 6.69. The summed E-state index contributed by atoms with van der Waals surface area (Å²) in [5.41, 5.74) is 3.33. The Hall–Kier alpha value is -1.90. The van der Waals surface area contributed by atoms with Crippen LogP contribution in [0.3, 0.4) is 0 Å². The number of carbonyl (C=O) groups is 1. The second kappa shape index (κ2) is 7.12. The molecule has 0 radical (unpaired) electrons. The molecule has 0 aromatic heterocycles. The van der Waals surface area contributed by atoms with E-state index in [0.29, 0.717) is 5.69 Å². The molecule has 0 fully saturated rings. The number of amides is 1. The molecule has 2 aromatic rings. The van der Waals surface area contributed by atoms with Crippen molar-refractivity contribution < 1.29 is 13.2 Å². The van der Waals surface area contributed by atoms with Gasteiger partial charge in [0.25, 0.3) is 15.9 Å². The van der Waals surface area contributed by atoms with Crippen LogP contribution in [0.5, 0.6) is 0 Å². The van der Waals surface area contributed by atoms with Crippen LogP contribution in [0.15, 0.2) is 57.9 Å². The number of carbonyl (C=O) groups excluding carboxylic acids is 1. The largest absolute Gasteiger partial charge is 0.293 e. The lowest BCUT2D eigenvalue weighted by Crippen LogP contribution is -2.43. The fourth-order valence-electron chi connectivity index (χ4n) is 1.94. The zero-order valence-electron chi connectivity index (χ0n) is 12.4. The minimum Gasteiger partial charge on any atom is -0.293 e. The molecule has 6 nitrogen and oxygen atoms in total. The van der Waals surface area contributed by atoms with Gasteiger partial charge in [-0.2, -0.15) is 0 Å². The quantitative estimate of drug-likeness (QED) is 0.458. The molecule has 0 aliphatic heterocycles. The number of nitrogens with one attached hydrogen (secondary N) is 1. The van der Waals surface area contributed by atoms with Gasteiger partial charge >= 0.3 is 0 Å². The van der Waals surface area contributed by atoms with Crippen molar-refractivity contribution >= 4 is 37.5 Å². The van der Waals surface area contributed by atoms with Gasteiger partial charge in [0.05, 0.1) is 10.6 Å². The van der Waals surface area contributed by atoms with E-state index in [1.807, 2.05) is 12.3 Å². The molecule has 3 N–H and O–H groups in total. The van der Waals surface area contributed by atoms with Crippen LogP contribution in [0.25, 0.3) is 0 Å². The van der Waals surface area contributed by atoms with Crippen molar-refractivity contribution in [1.82, 2.24) is 5.43 Å². The molecule has 0 aliphatic carbocycles. The highest BCUT2D eigenvalue weighted by molar-refractivity contribution is 9.10. The van der Waals surface area contributed by atoms with Crippen molar-refractivity contribution in [1.29, 1.82) is 0 Å². The number of hydrogen-bond acceptors (Lipinski definition) is 4. The van der Waals surface area contributed by atoms with Crippen LogP contribution in [0.4, 0.5) is 5.69 Å². The van der Waals surface area contributed by atoms with E-state index in [4.69, 9.17) is 5.84 Å². The van der Waals surface area contributed by atoms with Gasteiger partial charge < -0.3 is 0 Å². The fourth-order valence-corrected chi connectivity index (χ4v) is 3.62. The number of aryl methyl sites for hydroxylation is 1. The summed E-state index contributed by atoms with van der Waals surface area (Å²) in [5.74, 6) is 4.49. The van der Waals surface area contributed by atoms with Crippen LogP contribution >= 0.6 is 15.9 Å². The Morgan fingerprint density at radius 3 is 2.22 bits per heavy atom. The molecule has 0 saturated carbocycles. The minimum absolute atomic E-state index is 0.0890. The molecular formula is C15H16BrN3O3S. The zero-order valence-corrected chi connectivity index (χ0v) is 14.8. The third-order valence-corrected chi connectivity index (χ3v) is 5.49. The number of hydrogen-bond donors (Lipinski definition) is 2. The SMILES string of the molecule is Cc1ccc(N(CC(=O)NN)S(=O)(=O)c2ccc(Br)cc2)cc1. The van der Waals surface area contributed by atoms with Crippen LogP contribution in [-0.2, 0) is 14.8 Å². The zero-order chi connectivity index (χ0) is 17.0. The highest BCUT2D eigenvalue weighted by Crippen LogP contribution is 2.25. The first-order chi connectivity index (χ1) is 10.8. The third kappa shape index (κ3) is 4.10. The van der Waals surface area contributed by atoms with Gasteiger partial charge in [-0.3, -0.25) is 14.5 Å². The monoisotopic (exact) mass is 397 g/mol. The molecule has 122 valence electrons. The maximum absolute atomic E-state index is 12.9. The number of anilines is 1. The number of rotatable bonds is 5. The summed E-state index contributed by atoms with van der Waals surface area (Å²) in [4.78, 5) is 11.7. The van der Waals surface area contributed by atoms with Gasteiger partial charge in [-0.25, -0.2) is 14.3 Å². The molecule has 8 heteroatoms. The molecule has 0 saturated heterocycles. The van der Waals surface area contributed by atoms with Crippen molar-refractivity contribution in [2.75, 3.05) is 10.8 Å². The lowest BCUT2D eigenvalue weighted by molar-refractivity contribution is -0.119. The standard InChI is InChI=1S/C15H16BrN3O3S/c1-11-2-6-13(7-3-11)19(10-15(20)18-17)23(21,22)14-8-4-12(16)5-9-14/h2-9H,10,17H2,1H3,(H,18,20). The van der Waals surface area contributed by atoms with E-state index in [-0.39, 0.29) is 4.90 Å². The lowest BCUT2D eigenvalue weighted by atomic mass is 10.2. The third-order valence-electron chi connectivity index (χ3n) is 3.17. The smallest absolute Gasteiger partial charge is 0.264 e. The van der Waals surface area contributed by atoms with E-state index < -0.39 is 22.5 Å². The van der Waals surface area contributed by atoms with E-state index in [0.717, 1.165) is 14.3 Å². The molecule has 23 heavy (non-hydrogen) atoms. The average Bonchev–Trinajstić information content (AvgIpc) is 2.53. The Bertz CT molecular complexity index is 790. The normalized spacial score (nSPS) is 11.1. The van der Waals surface area contributed by atoms with Crippen LogP contribution in [0, 0.1) is 6.92 Å². The molecule has 0 unspecified atom stereocenters. The van der Waals surface area contributed by atoms with Gasteiger partial charge in [0.15, 0.2) is 0 Å². The Morgan fingerprint density at radius 2 is 1.70 bits per heavy atom. The highest BCUT2D eigenvalue weighted by atomic mass is 79.9. The van der Waals surface area contributed by atoms with Crippen molar-refractivity contribution in [3.63, 3.8) is 0 Å². The molecule has 2 rings (SSSR count). The van der Waals surface area contributed by atoms with Gasteiger partial charge in [0, 0.05) is 4.47 Å².